The SMILES string of the molecule is COc1cc(OC)cc(N2CCN(C(=O)N(C)c3cc(C(C)(C)O)c(C)nc3OC)CC2)c1. The second-order valence-corrected chi connectivity index (χ2v) is 8.60. The molecule has 3 rings (SSSR count). The molecular weight excluding hydrogens is 424 g/mol. The summed E-state index contributed by atoms with van der Waals surface area (Å²) in [6.45, 7) is 7.67. The molecule has 0 radical (unpaired) electrons. The molecule has 0 spiro atoms. The Labute approximate surface area is 195 Å². The Morgan fingerprint density at radius 1 is 1.00 bits per heavy atom. The average Bonchev–Trinajstić information content (AvgIpc) is 2.81. The van der Waals surface area contributed by atoms with Gasteiger partial charge in [-0.3, -0.25) is 4.90 Å². The summed E-state index contributed by atoms with van der Waals surface area (Å²) >= 11 is 0. The number of pyridine rings is 1. The van der Waals surface area contributed by atoms with E-state index >= 15 is 0 Å². The van der Waals surface area contributed by atoms with Gasteiger partial charge >= 0.3 is 6.03 Å². The number of urea groups is 1. The molecule has 0 bridgehead atoms. The molecule has 180 valence electrons. The lowest BCUT2D eigenvalue weighted by atomic mass is 9.96. The number of aryl methyl sites for hydroxylation is 1. The first-order valence-electron chi connectivity index (χ1n) is 10.9. The van der Waals surface area contributed by atoms with E-state index in [9.17, 15) is 9.90 Å². The van der Waals surface area contributed by atoms with Gasteiger partial charge in [0.15, 0.2) is 0 Å². The second-order valence-electron chi connectivity index (χ2n) is 8.60. The normalized spacial score (nSPS) is 14.2. The van der Waals surface area contributed by atoms with Crippen molar-refractivity contribution in [3.63, 3.8) is 0 Å². The Balaban J connectivity index is 1.76. The van der Waals surface area contributed by atoms with Crippen LogP contribution in [-0.4, -0.2) is 75.6 Å². The summed E-state index contributed by atoms with van der Waals surface area (Å²) in [6.07, 6.45) is 0. The first-order valence-corrected chi connectivity index (χ1v) is 10.9. The minimum Gasteiger partial charge on any atom is -0.497 e. The van der Waals surface area contributed by atoms with Gasteiger partial charge in [-0.15, -0.1) is 0 Å². The van der Waals surface area contributed by atoms with Crippen LogP contribution in [0.25, 0.3) is 0 Å². The minimum absolute atomic E-state index is 0.150. The Morgan fingerprint density at radius 2 is 1.58 bits per heavy atom. The van der Waals surface area contributed by atoms with Crippen molar-refractivity contribution in [1.29, 1.82) is 0 Å². The minimum atomic E-state index is -1.09. The molecule has 1 aliphatic rings. The van der Waals surface area contributed by atoms with Crippen LogP contribution in [0.5, 0.6) is 17.4 Å². The number of aliphatic hydroxyl groups is 1. The van der Waals surface area contributed by atoms with Crippen molar-refractivity contribution >= 4 is 17.4 Å². The van der Waals surface area contributed by atoms with Crippen LogP contribution in [0, 0.1) is 6.92 Å². The van der Waals surface area contributed by atoms with E-state index in [1.807, 2.05) is 25.1 Å². The highest BCUT2D eigenvalue weighted by Gasteiger charge is 2.29. The van der Waals surface area contributed by atoms with Gasteiger partial charge in [0.1, 0.15) is 17.2 Å². The molecule has 1 aliphatic heterocycles. The van der Waals surface area contributed by atoms with Crippen molar-refractivity contribution in [1.82, 2.24) is 9.88 Å². The Kier molecular flexibility index (Phi) is 7.22. The highest BCUT2D eigenvalue weighted by Crippen LogP contribution is 2.34. The summed E-state index contributed by atoms with van der Waals surface area (Å²) in [4.78, 5) is 23.3. The van der Waals surface area contributed by atoms with Crippen LogP contribution < -0.4 is 24.0 Å². The molecule has 0 atom stereocenters. The Hall–Kier alpha value is -3.20. The van der Waals surface area contributed by atoms with Gasteiger partial charge in [0.2, 0.25) is 5.88 Å². The van der Waals surface area contributed by atoms with Gasteiger partial charge in [-0.2, -0.15) is 0 Å². The lowest BCUT2D eigenvalue weighted by Gasteiger charge is -2.38. The fourth-order valence-electron chi connectivity index (χ4n) is 4.03. The number of aromatic nitrogens is 1. The molecule has 1 N–H and O–H groups in total. The van der Waals surface area contributed by atoms with Gasteiger partial charge < -0.3 is 29.1 Å². The summed E-state index contributed by atoms with van der Waals surface area (Å²) in [5.41, 5.74) is 1.72. The predicted molar refractivity (Wildman–Crippen MR) is 128 cm³/mol. The molecule has 1 fully saturated rings. The summed E-state index contributed by atoms with van der Waals surface area (Å²) < 4.78 is 16.2. The standard InChI is InChI=1S/C24H34N4O5/c1-16-20(24(2,3)30)15-21(22(25-16)33-7)26(4)23(29)28-10-8-27(9-11-28)17-12-18(31-5)14-19(13-17)32-6/h12-15,30H,8-11H2,1-7H3. The van der Waals surface area contributed by atoms with E-state index in [0.717, 1.165) is 17.2 Å². The number of methoxy groups -OCH3 is 3. The van der Waals surface area contributed by atoms with Crippen molar-refractivity contribution in [2.45, 2.75) is 26.4 Å². The second kappa shape index (κ2) is 9.74. The lowest BCUT2D eigenvalue weighted by Crippen LogP contribution is -2.52. The number of ether oxygens (including phenoxy) is 3. The molecule has 2 heterocycles. The number of amides is 2. The first kappa shape index (κ1) is 24.4. The highest BCUT2D eigenvalue weighted by molar-refractivity contribution is 5.93. The van der Waals surface area contributed by atoms with Crippen molar-refractivity contribution in [2.24, 2.45) is 0 Å². The van der Waals surface area contributed by atoms with Gasteiger partial charge in [0.05, 0.1) is 26.9 Å². The number of piperazine rings is 1. The van der Waals surface area contributed by atoms with E-state index in [4.69, 9.17) is 14.2 Å². The van der Waals surface area contributed by atoms with E-state index < -0.39 is 5.60 Å². The third-order valence-corrected chi connectivity index (χ3v) is 5.91. The molecule has 2 amide bonds. The maximum Gasteiger partial charge on any atom is 0.324 e. The highest BCUT2D eigenvalue weighted by atomic mass is 16.5. The fraction of sp³-hybridized carbons (Fsp3) is 0.500. The van der Waals surface area contributed by atoms with Crippen molar-refractivity contribution in [3.05, 3.63) is 35.5 Å². The topological polar surface area (TPSA) is 87.6 Å². The Bertz CT molecular complexity index is 975. The predicted octanol–water partition coefficient (Wildman–Crippen LogP) is 3.02. The number of carbonyl (C=O) groups excluding carboxylic acids is 1. The zero-order valence-electron chi connectivity index (χ0n) is 20.5. The van der Waals surface area contributed by atoms with Gasteiger partial charge in [-0.05, 0) is 26.8 Å². The molecule has 9 heteroatoms. The van der Waals surface area contributed by atoms with Gasteiger partial charge in [0.25, 0.3) is 0 Å². The average molecular weight is 459 g/mol. The van der Waals surface area contributed by atoms with Crippen molar-refractivity contribution in [3.8, 4) is 17.4 Å². The van der Waals surface area contributed by atoms with Crippen LogP contribution in [0.3, 0.4) is 0 Å². The fourth-order valence-corrected chi connectivity index (χ4v) is 4.03. The summed E-state index contributed by atoms with van der Waals surface area (Å²) in [7, 11) is 6.48. The number of rotatable bonds is 6. The van der Waals surface area contributed by atoms with Crippen molar-refractivity contribution < 1.29 is 24.1 Å². The third-order valence-electron chi connectivity index (χ3n) is 5.91. The van der Waals surface area contributed by atoms with Crippen LogP contribution in [0.1, 0.15) is 25.1 Å². The molecule has 9 nitrogen and oxygen atoms in total. The maximum atomic E-state index is 13.3. The molecule has 1 aromatic heterocycles. The van der Waals surface area contributed by atoms with E-state index in [-0.39, 0.29) is 6.03 Å². The smallest absolute Gasteiger partial charge is 0.324 e. The van der Waals surface area contributed by atoms with Crippen LogP contribution >= 0.6 is 0 Å². The molecule has 1 aromatic carbocycles. The number of benzene rings is 1. The number of hydrogen-bond acceptors (Lipinski definition) is 7. The van der Waals surface area contributed by atoms with Gasteiger partial charge in [-0.25, -0.2) is 9.78 Å². The summed E-state index contributed by atoms with van der Waals surface area (Å²) in [5, 5.41) is 10.5. The largest absolute Gasteiger partial charge is 0.497 e. The molecule has 2 aromatic rings. The summed E-state index contributed by atoms with van der Waals surface area (Å²) in [5.74, 6) is 1.80. The molecule has 0 aliphatic carbocycles. The van der Waals surface area contributed by atoms with Gasteiger partial charge in [0, 0.05) is 68.4 Å². The quantitative estimate of drug-likeness (QED) is 0.712. The molecular formula is C24H34N4O5. The number of nitrogens with zero attached hydrogens (tertiary/aromatic N) is 4. The van der Waals surface area contributed by atoms with Crippen molar-refractivity contribution in [2.75, 3.05) is 64.4 Å². The van der Waals surface area contributed by atoms with E-state index in [1.165, 1.54) is 12.0 Å². The van der Waals surface area contributed by atoms with E-state index in [0.29, 0.717) is 49.0 Å². The van der Waals surface area contributed by atoms with Crippen LogP contribution in [0.2, 0.25) is 0 Å². The number of anilines is 2. The van der Waals surface area contributed by atoms with E-state index in [2.05, 4.69) is 9.88 Å². The third kappa shape index (κ3) is 5.24. The molecule has 0 unspecified atom stereocenters. The lowest BCUT2D eigenvalue weighted by molar-refractivity contribution is 0.0774. The summed E-state index contributed by atoms with van der Waals surface area (Å²) in [6, 6.07) is 7.39. The number of hydrogen-bond donors (Lipinski definition) is 1. The monoisotopic (exact) mass is 458 g/mol. The van der Waals surface area contributed by atoms with Crippen LogP contribution in [0.4, 0.5) is 16.2 Å². The first-order chi connectivity index (χ1) is 15.6. The van der Waals surface area contributed by atoms with E-state index in [1.54, 1.807) is 46.1 Å². The maximum absolute atomic E-state index is 13.3. The van der Waals surface area contributed by atoms with Crippen LogP contribution in [-0.2, 0) is 5.60 Å². The number of carbonyl (C=O) groups is 1. The Morgan fingerprint density at radius 3 is 2.06 bits per heavy atom. The molecule has 1 saturated heterocycles. The van der Waals surface area contributed by atoms with Crippen LogP contribution in [0.15, 0.2) is 24.3 Å². The van der Waals surface area contributed by atoms with Gasteiger partial charge in [-0.1, -0.05) is 0 Å². The molecule has 33 heavy (non-hydrogen) atoms. The zero-order valence-corrected chi connectivity index (χ0v) is 20.5. The zero-order chi connectivity index (χ0) is 24.3. The molecule has 0 saturated carbocycles.